The highest BCUT2D eigenvalue weighted by Gasteiger charge is 2.46. The molecular formula is C22H30Si. The lowest BCUT2D eigenvalue weighted by Gasteiger charge is -2.44. The van der Waals surface area contributed by atoms with Gasteiger partial charge in [0.1, 0.15) is 0 Å². The van der Waals surface area contributed by atoms with Gasteiger partial charge in [-0.05, 0) is 44.9 Å². The molecule has 0 radical (unpaired) electrons. The van der Waals surface area contributed by atoms with Gasteiger partial charge in [0.05, 0.1) is 8.07 Å². The van der Waals surface area contributed by atoms with Gasteiger partial charge in [0, 0.05) is 0 Å². The van der Waals surface area contributed by atoms with Crippen molar-refractivity contribution in [3.05, 3.63) is 52.7 Å². The minimum absolute atomic E-state index is 0.786. The molecule has 23 heavy (non-hydrogen) atoms. The summed E-state index contributed by atoms with van der Waals surface area (Å²) < 4.78 is 0. The number of benzene rings is 2. The zero-order valence-corrected chi connectivity index (χ0v) is 16.5. The van der Waals surface area contributed by atoms with Crippen molar-refractivity contribution in [2.45, 2.75) is 64.6 Å². The number of hydrogen-bond acceptors (Lipinski definition) is 0. The van der Waals surface area contributed by atoms with E-state index in [2.05, 4.69) is 84.0 Å². The molecule has 0 saturated heterocycles. The van der Waals surface area contributed by atoms with Gasteiger partial charge >= 0.3 is 0 Å². The van der Waals surface area contributed by atoms with E-state index in [1.54, 1.807) is 5.20 Å². The van der Waals surface area contributed by atoms with Crippen molar-refractivity contribution in [1.82, 2.24) is 0 Å². The van der Waals surface area contributed by atoms with Crippen molar-refractivity contribution in [3.63, 3.8) is 0 Å². The third-order valence-corrected chi connectivity index (χ3v) is 13.3. The molecule has 1 aliphatic carbocycles. The summed E-state index contributed by atoms with van der Waals surface area (Å²) in [6.45, 7) is 14.8. The van der Waals surface area contributed by atoms with Gasteiger partial charge in [-0.25, -0.2) is 0 Å². The summed E-state index contributed by atoms with van der Waals surface area (Å²) in [5.41, 5.74) is 5.40. The lowest BCUT2D eigenvalue weighted by Crippen LogP contribution is -2.46. The summed E-state index contributed by atoms with van der Waals surface area (Å²) in [7, 11) is -1.52. The molecule has 0 unspecified atom stereocenters. The van der Waals surface area contributed by atoms with E-state index in [1.807, 2.05) is 0 Å². The first-order valence-electron chi connectivity index (χ1n) is 9.10. The summed E-state index contributed by atoms with van der Waals surface area (Å²) >= 11 is 0. The maximum atomic E-state index is 2.59. The van der Waals surface area contributed by atoms with Gasteiger partial charge in [0.25, 0.3) is 0 Å². The van der Waals surface area contributed by atoms with Crippen LogP contribution in [0.5, 0.6) is 0 Å². The fourth-order valence-electron chi connectivity index (χ4n) is 5.49. The maximum Gasteiger partial charge on any atom is 0.0895 e. The Labute approximate surface area is 142 Å². The third-order valence-electron chi connectivity index (χ3n) is 6.18. The quantitative estimate of drug-likeness (QED) is 0.532. The Kier molecular flexibility index (Phi) is 4.26. The lowest BCUT2D eigenvalue weighted by atomic mass is 10.0. The number of hydrogen-bond donors (Lipinski definition) is 0. The van der Waals surface area contributed by atoms with Gasteiger partial charge in [0.2, 0.25) is 0 Å². The average molecular weight is 323 g/mol. The van der Waals surface area contributed by atoms with Crippen LogP contribution < -0.4 is 0 Å². The standard InChI is InChI=1S/C22H30Si/c1-15(2)23(16(3)4,17(5)6)20-13-19-12-11-18-9-7-8-10-21(18)22(19)14-20/h7-12,14-17H,13H2,1-6H3. The Morgan fingerprint density at radius 2 is 1.39 bits per heavy atom. The van der Waals surface area contributed by atoms with Crippen LogP contribution in [-0.4, -0.2) is 8.07 Å². The van der Waals surface area contributed by atoms with Crippen molar-refractivity contribution in [2.75, 3.05) is 0 Å². The first-order chi connectivity index (χ1) is 10.9. The van der Waals surface area contributed by atoms with Gasteiger partial charge < -0.3 is 0 Å². The van der Waals surface area contributed by atoms with Crippen molar-refractivity contribution >= 4 is 24.9 Å². The van der Waals surface area contributed by atoms with Crippen molar-refractivity contribution in [3.8, 4) is 0 Å². The lowest BCUT2D eigenvalue weighted by molar-refractivity contribution is 0.820. The molecule has 0 aliphatic heterocycles. The van der Waals surface area contributed by atoms with Gasteiger partial charge in [0.15, 0.2) is 0 Å². The van der Waals surface area contributed by atoms with Crippen LogP contribution in [0.2, 0.25) is 16.6 Å². The molecule has 0 saturated carbocycles. The summed E-state index contributed by atoms with van der Waals surface area (Å²) in [5, 5.41) is 4.58. The topological polar surface area (TPSA) is 0 Å². The Hall–Kier alpha value is -1.34. The van der Waals surface area contributed by atoms with Crippen LogP contribution in [0, 0.1) is 0 Å². The van der Waals surface area contributed by atoms with Gasteiger partial charge in [-0.15, -0.1) is 0 Å². The molecule has 0 bridgehead atoms. The van der Waals surface area contributed by atoms with Crippen LogP contribution >= 0.6 is 0 Å². The smallest absolute Gasteiger partial charge is 0.0746 e. The van der Waals surface area contributed by atoms with E-state index in [9.17, 15) is 0 Å². The van der Waals surface area contributed by atoms with E-state index in [0.717, 1.165) is 16.6 Å². The van der Waals surface area contributed by atoms with Crippen molar-refractivity contribution < 1.29 is 0 Å². The highest BCUT2D eigenvalue weighted by molar-refractivity contribution is 6.90. The minimum atomic E-state index is -1.52. The molecule has 3 rings (SSSR count). The predicted octanol–water partition coefficient (Wildman–Crippen LogP) is 7.00. The van der Waals surface area contributed by atoms with Crippen LogP contribution in [0.1, 0.15) is 52.7 Å². The van der Waals surface area contributed by atoms with Crippen LogP contribution in [0.4, 0.5) is 0 Å². The average Bonchev–Trinajstić information content (AvgIpc) is 2.91. The van der Waals surface area contributed by atoms with E-state index < -0.39 is 8.07 Å². The molecule has 0 amide bonds. The van der Waals surface area contributed by atoms with Gasteiger partial charge in [-0.3, -0.25) is 0 Å². The Morgan fingerprint density at radius 3 is 2.00 bits per heavy atom. The molecule has 0 nitrogen and oxygen atoms in total. The summed E-state index contributed by atoms with van der Waals surface area (Å²) in [5.74, 6) is 0. The highest BCUT2D eigenvalue weighted by Crippen LogP contribution is 2.50. The van der Waals surface area contributed by atoms with Gasteiger partial charge in [-0.1, -0.05) is 89.2 Å². The largest absolute Gasteiger partial charge is 0.0895 e. The van der Waals surface area contributed by atoms with Gasteiger partial charge in [-0.2, -0.15) is 0 Å². The number of allylic oxidation sites excluding steroid dienone is 1. The Bertz CT molecular complexity index is 728. The molecule has 0 heterocycles. The minimum Gasteiger partial charge on any atom is -0.0746 e. The molecule has 0 spiro atoms. The molecule has 0 N–H and O–H groups in total. The zero-order valence-electron chi connectivity index (χ0n) is 15.5. The molecule has 1 aliphatic rings. The van der Waals surface area contributed by atoms with Crippen LogP contribution in [0.15, 0.2) is 41.6 Å². The second-order valence-corrected chi connectivity index (χ2v) is 14.1. The maximum absolute atomic E-state index is 2.59. The molecule has 0 fully saturated rings. The molecule has 0 aromatic heterocycles. The highest BCUT2D eigenvalue weighted by atomic mass is 28.3. The zero-order chi connectivity index (χ0) is 16.8. The SMILES string of the molecule is CC(C)[Si](C1=Cc2c(ccc3ccccc23)C1)(C(C)C)C(C)C. The predicted molar refractivity (Wildman–Crippen MR) is 107 cm³/mol. The van der Waals surface area contributed by atoms with Crippen molar-refractivity contribution in [2.24, 2.45) is 0 Å². The summed E-state index contributed by atoms with van der Waals surface area (Å²) in [6.07, 6.45) is 3.77. The second-order valence-electron chi connectivity index (χ2n) is 8.10. The van der Waals surface area contributed by atoms with Crippen LogP contribution in [0.25, 0.3) is 16.8 Å². The third kappa shape index (κ3) is 2.41. The van der Waals surface area contributed by atoms with E-state index in [4.69, 9.17) is 0 Å². The second kappa shape index (κ2) is 5.94. The molecule has 1 heteroatoms. The first kappa shape index (κ1) is 16.5. The van der Waals surface area contributed by atoms with E-state index in [0.29, 0.717) is 0 Å². The van der Waals surface area contributed by atoms with Crippen LogP contribution in [0.3, 0.4) is 0 Å². The number of fused-ring (bicyclic) bond motifs is 3. The normalized spacial score (nSPS) is 14.9. The summed E-state index contributed by atoms with van der Waals surface area (Å²) in [4.78, 5) is 0. The monoisotopic (exact) mass is 322 g/mol. The van der Waals surface area contributed by atoms with E-state index in [-0.39, 0.29) is 0 Å². The fourth-order valence-corrected chi connectivity index (χ4v) is 12.6. The molecule has 0 atom stereocenters. The van der Waals surface area contributed by atoms with E-state index >= 15 is 0 Å². The first-order valence-corrected chi connectivity index (χ1v) is 11.3. The number of rotatable bonds is 4. The Balaban J connectivity index is 2.19. The van der Waals surface area contributed by atoms with Crippen LogP contribution in [-0.2, 0) is 6.42 Å². The fraction of sp³-hybridized carbons (Fsp3) is 0.455. The summed E-state index contributed by atoms with van der Waals surface area (Å²) in [6, 6.07) is 13.5. The molecule has 2 aromatic rings. The van der Waals surface area contributed by atoms with Crippen molar-refractivity contribution in [1.29, 1.82) is 0 Å². The Morgan fingerprint density at radius 1 is 0.783 bits per heavy atom. The molecule has 2 aromatic carbocycles. The van der Waals surface area contributed by atoms with E-state index in [1.165, 1.54) is 28.3 Å². The molecular weight excluding hydrogens is 292 g/mol. The molecule has 122 valence electrons.